The fourth-order valence-corrected chi connectivity index (χ4v) is 1.99. The number of aryl methyl sites for hydroxylation is 1. The molecule has 6 nitrogen and oxygen atoms in total. The number of rotatable bonds is 3. The van der Waals surface area contributed by atoms with Crippen molar-refractivity contribution < 1.29 is 4.79 Å². The Morgan fingerprint density at radius 3 is 2.89 bits per heavy atom. The van der Waals surface area contributed by atoms with E-state index in [0.29, 0.717) is 5.56 Å². The Balaban J connectivity index is 2.36. The van der Waals surface area contributed by atoms with Crippen LogP contribution in [-0.2, 0) is 6.42 Å². The number of tetrazole rings is 1. The normalized spacial score (nSPS) is 10.4. The molecule has 1 aromatic heterocycles. The number of amides is 1. The molecule has 0 aliphatic heterocycles. The smallest absolute Gasteiger partial charge is 0.272 e. The van der Waals surface area contributed by atoms with Crippen molar-refractivity contribution in [1.82, 2.24) is 20.6 Å². The first-order valence-corrected chi connectivity index (χ1v) is 6.22. The highest BCUT2D eigenvalue weighted by Crippen LogP contribution is 2.19. The lowest BCUT2D eigenvalue weighted by Gasteiger charge is -2.15. The minimum Gasteiger partial charge on any atom is -0.277 e. The second kappa shape index (κ2) is 5.26. The van der Waals surface area contributed by atoms with Crippen LogP contribution in [0.4, 0.5) is 5.95 Å². The number of anilines is 1. The van der Waals surface area contributed by atoms with E-state index in [2.05, 4.69) is 36.6 Å². The molecular weight excluding hydrogens is 298 g/mol. The Kier molecular flexibility index (Phi) is 3.71. The summed E-state index contributed by atoms with van der Waals surface area (Å²) in [7, 11) is 1.62. The number of hydrogen-bond acceptors (Lipinski definition) is 4. The third-order valence-corrected chi connectivity index (χ3v) is 3.12. The summed E-state index contributed by atoms with van der Waals surface area (Å²) in [6.07, 6.45) is 0.786. The Morgan fingerprint density at radius 1 is 1.50 bits per heavy atom. The van der Waals surface area contributed by atoms with E-state index in [-0.39, 0.29) is 11.9 Å². The molecule has 2 rings (SSSR count). The van der Waals surface area contributed by atoms with Gasteiger partial charge in [-0.05, 0) is 29.3 Å². The highest BCUT2D eigenvalue weighted by Gasteiger charge is 2.19. The molecule has 0 aliphatic carbocycles. The van der Waals surface area contributed by atoms with Crippen LogP contribution in [0, 0.1) is 0 Å². The standard InChI is InChI=1S/C11H12BrN5O/c1-3-7-4-5-8(12)6-9(7)10(18)17(2)11-13-15-16-14-11/h4-6H,3H2,1-2H3,(H,13,14,15,16). The largest absolute Gasteiger partial charge is 0.277 e. The second-order valence-electron chi connectivity index (χ2n) is 3.73. The third-order valence-electron chi connectivity index (χ3n) is 2.62. The minimum absolute atomic E-state index is 0.158. The Morgan fingerprint density at radius 2 is 2.28 bits per heavy atom. The number of nitrogens with one attached hydrogen (secondary N) is 1. The summed E-state index contributed by atoms with van der Waals surface area (Å²) in [4.78, 5) is 13.7. The highest BCUT2D eigenvalue weighted by atomic mass is 79.9. The van der Waals surface area contributed by atoms with E-state index >= 15 is 0 Å². The molecule has 0 atom stereocenters. The van der Waals surface area contributed by atoms with Crippen LogP contribution >= 0.6 is 15.9 Å². The number of H-pyrrole nitrogens is 1. The topological polar surface area (TPSA) is 74.8 Å². The molecule has 0 radical (unpaired) electrons. The first-order chi connectivity index (χ1) is 8.63. The van der Waals surface area contributed by atoms with E-state index in [1.807, 2.05) is 19.1 Å². The van der Waals surface area contributed by atoms with Crippen LogP contribution in [0.5, 0.6) is 0 Å². The van der Waals surface area contributed by atoms with Crippen LogP contribution in [0.1, 0.15) is 22.8 Å². The van der Waals surface area contributed by atoms with E-state index in [1.54, 1.807) is 13.1 Å². The number of aromatic nitrogens is 4. The van der Waals surface area contributed by atoms with E-state index in [4.69, 9.17) is 0 Å². The van der Waals surface area contributed by atoms with Crippen LogP contribution in [0.25, 0.3) is 0 Å². The number of benzene rings is 1. The van der Waals surface area contributed by atoms with Crippen LogP contribution in [0.3, 0.4) is 0 Å². The molecule has 0 fully saturated rings. The van der Waals surface area contributed by atoms with Crippen molar-refractivity contribution in [2.75, 3.05) is 11.9 Å². The Labute approximate surface area is 113 Å². The molecule has 7 heteroatoms. The van der Waals surface area contributed by atoms with Gasteiger partial charge in [0.1, 0.15) is 0 Å². The molecule has 18 heavy (non-hydrogen) atoms. The number of hydrogen-bond donors (Lipinski definition) is 1. The van der Waals surface area contributed by atoms with Gasteiger partial charge >= 0.3 is 0 Å². The third kappa shape index (κ3) is 2.40. The summed E-state index contributed by atoms with van der Waals surface area (Å²) in [6.45, 7) is 2.01. The molecule has 0 saturated heterocycles. The van der Waals surface area contributed by atoms with Gasteiger partial charge in [-0.15, -0.1) is 5.10 Å². The zero-order valence-corrected chi connectivity index (χ0v) is 11.6. The average Bonchev–Trinajstić information content (AvgIpc) is 2.90. The molecule has 2 aromatic rings. The summed E-state index contributed by atoms with van der Waals surface area (Å²) in [5.41, 5.74) is 1.62. The predicted molar refractivity (Wildman–Crippen MR) is 70.4 cm³/mol. The van der Waals surface area contributed by atoms with Crippen molar-refractivity contribution in [2.24, 2.45) is 0 Å². The molecule has 1 aromatic carbocycles. The van der Waals surface area contributed by atoms with Gasteiger partial charge in [0.25, 0.3) is 11.9 Å². The molecule has 0 spiro atoms. The lowest BCUT2D eigenvalue weighted by atomic mass is 10.0. The predicted octanol–water partition coefficient (Wildman–Crippen LogP) is 1.80. The van der Waals surface area contributed by atoms with E-state index in [9.17, 15) is 4.79 Å². The van der Waals surface area contributed by atoms with Gasteiger partial charge in [-0.1, -0.05) is 34.0 Å². The van der Waals surface area contributed by atoms with Crippen molar-refractivity contribution in [1.29, 1.82) is 0 Å². The number of carbonyl (C=O) groups is 1. The van der Waals surface area contributed by atoms with Crippen LogP contribution in [0.2, 0.25) is 0 Å². The van der Waals surface area contributed by atoms with Crippen molar-refractivity contribution in [3.8, 4) is 0 Å². The van der Waals surface area contributed by atoms with Crippen molar-refractivity contribution >= 4 is 27.8 Å². The molecule has 1 heterocycles. The first kappa shape index (κ1) is 12.7. The maximum absolute atomic E-state index is 12.4. The Hall–Kier alpha value is -1.76. The number of halogens is 1. The van der Waals surface area contributed by atoms with Gasteiger partial charge in [-0.2, -0.15) is 5.21 Å². The fourth-order valence-electron chi connectivity index (χ4n) is 1.63. The molecule has 0 unspecified atom stereocenters. The highest BCUT2D eigenvalue weighted by molar-refractivity contribution is 9.10. The molecule has 0 bridgehead atoms. The van der Waals surface area contributed by atoms with Gasteiger partial charge in [-0.25, -0.2) is 0 Å². The number of aromatic amines is 1. The van der Waals surface area contributed by atoms with Gasteiger partial charge < -0.3 is 0 Å². The molecular formula is C11H12BrN5O. The quantitative estimate of drug-likeness (QED) is 0.938. The second-order valence-corrected chi connectivity index (χ2v) is 4.65. The van der Waals surface area contributed by atoms with Gasteiger partial charge in [0.2, 0.25) is 0 Å². The summed E-state index contributed by atoms with van der Waals surface area (Å²) in [5.74, 6) is 0.0941. The minimum atomic E-state index is -0.158. The lowest BCUT2D eigenvalue weighted by molar-refractivity contribution is 0.0990. The molecule has 0 saturated carbocycles. The summed E-state index contributed by atoms with van der Waals surface area (Å²) >= 11 is 3.37. The van der Waals surface area contributed by atoms with Crippen molar-refractivity contribution in [3.63, 3.8) is 0 Å². The molecule has 1 amide bonds. The van der Waals surface area contributed by atoms with Gasteiger partial charge in [-0.3, -0.25) is 9.69 Å². The number of carbonyl (C=O) groups excluding carboxylic acids is 1. The summed E-state index contributed by atoms with van der Waals surface area (Å²) < 4.78 is 0.865. The van der Waals surface area contributed by atoms with E-state index in [1.165, 1.54) is 4.90 Å². The fraction of sp³-hybridized carbons (Fsp3) is 0.273. The number of nitrogens with zero attached hydrogens (tertiary/aromatic N) is 4. The molecule has 0 aliphatic rings. The Bertz CT molecular complexity index is 555. The molecule has 94 valence electrons. The SMILES string of the molecule is CCc1ccc(Br)cc1C(=O)N(C)c1nn[nH]n1. The maximum Gasteiger partial charge on any atom is 0.272 e. The van der Waals surface area contributed by atoms with E-state index < -0.39 is 0 Å². The first-order valence-electron chi connectivity index (χ1n) is 5.43. The average molecular weight is 310 g/mol. The molecule has 1 N–H and O–H groups in total. The van der Waals surface area contributed by atoms with E-state index in [0.717, 1.165) is 16.5 Å². The zero-order chi connectivity index (χ0) is 13.1. The van der Waals surface area contributed by atoms with Crippen molar-refractivity contribution in [2.45, 2.75) is 13.3 Å². The van der Waals surface area contributed by atoms with Gasteiger partial charge in [0.05, 0.1) is 0 Å². The van der Waals surface area contributed by atoms with Crippen molar-refractivity contribution in [3.05, 3.63) is 33.8 Å². The summed E-state index contributed by atoms with van der Waals surface area (Å²) in [6, 6.07) is 5.66. The van der Waals surface area contributed by atoms with Gasteiger partial charge in [0.15, 0.2) is 0 Å². The van der Waals surface area contributed by atoms with Crippen LogP contribution in [-0.4, -0.2) is 33.6 Å². The zero-order valence-electron chi connectivity index (χ0n) is 10.0. The maximum atomic E-state index is 12.4. The summed E-state index contributed by atoms with van der Waals surface area (Å²) in [5, 5.41) is 13.3. The van der Waals surface area contributed by atoms with Gasteiger partial charge in [0, 0.05) is 17.1 Å². The van der Waals surface area contributed by atoms with Crippen LogP contribution in [0.15, 0.2) is 22.7 Å². The van der Waals surface area contributed by atoms with Crippen LogP contribution < -0.4 is 4.90 Å². The lowest BCUT2D eigenvalue weighted by Crippen LogP contribution is -2.28. The monoisotopic (exact) mass is 309 g/mol.